The Hall–Kier alpha value is -1.61. The highest BCUT2D eigenvalue weighted by molar-refractivity contribution is 5.18. The van der Waals surface area contributed by atoms with Crippen LogP contribution in [0.2, 0.25) is 0 Å². The molecular weight excluding hydrogens is 222 g/mol. The molecule has 18 heavy (non-hydrogen) atoms. The number of rotatable bonds is 6. The Bertz CT molecular complexity index is 462. The van der Waals surface area contributed by atoms with Gasteiger partial charge in [-0.2, -0.15) is 0 Å². The van der Waals surface area contributed by atoms with E-state index in [0.29, 0.717) is 6.04 Å². The molecule has 0 saturated carbocycles. The van der Waals surface area contributed by atoms with Crippen LogP contribution >= 0.6 is 0 Å². The predicted molar refractivity (Wildman–Crippen MR) is 74.2 cm³/mol. The van der Waals surface area contributed by atoms with Crippen molar-refractivity contribution in [1.29, 1.82) is 0 Å². The first-order valence-corrected chi connectivity index (χ1v) is 6.59. The van der Waals surface area contributed by atoms with Gasteiger partial charge in [0, 0.05) is 25.0 Å². The fraction of sp³-hybridized carbons (Fsp3) is 0.400. The Morgan fingerprint density at radius 2 is 2.06 bits per heavy atom. The summed E-state index contributed by atoms with van der Waals surface area (Å²) in [4.78, 5) is 4.40. The van der Waals surface area contributed by atoms with Gasteiger partial charge < -0.3 is 9.88 Å². The van der Waals surface area contributed by atoms with Gasteiger partial charge in [0.15, 0.2) is 0 Å². The Morgan fingerprint density at radius 3 is 2.78 bits per heavy atom. The monoisotopic (exact) mass is 243 g/mol. The van der Waals surface area contributed by atoms with Crippen LogP contribution in [0.3, 0.4) is 0 Å². The number of imidazole rings is 1. The standard InChI is InChI=1S/C15H21N3/c1-3-10-18-11-9-16-15(18)12-17-13(2)14-7-5-4-6-8-14/h4-9,11,13,17H,3,10,12H2,1-2H3/t13-/m0/s1. The van der Waals surface area contributed by atoms with Gasteiger partial charge in [0.1, 0.15) is 5.82 Å². The molecule has 1 aromatic carbocycles. The van der Waals surface area contributed by atoms with Crippen molar-refractivity contribution in [2.75, 3.05) is 0 Å². The summed E-state index contributed by atoms with van der Waals surface area (Å²) in [7, 11) is 0. The average Bonchev–Trinajstić information content (AvgIpc) is 2.85. The Balaban J connectivity index is 1.93. The van der Waals surface area contributed by atoms with Gasteiger partial charge in [0.2, 0.25) is 0 Å². The number of benzene rings is 1. The first-order valence-electron chi connectivity index (χ1n) is 6.59. The molecule has 3 heteroatoms. The van der Waals surface area contributed by atoms with Crippen LogP contribution < -0.4 is 5.32 Å². The van der Waals surface area contributed by atoms with Crippen molar-refractivity contribution in [1.82, 2.24) is 14.9 Å². The predicted octanol–water partition coefficient (Wildman–Crippen LogP) is 3.14. The van der Waals surface area contributed by atoms with Crippen LogP contribution in [0.25, 0.3) is 0 Å². The maximum atomic E-state index is 4.40. The molecule has 0 amide bonds. The SMILES string of the molecule is CCCn1ccnc1CN[C@@H](C)c1ccccc1. The molecule has 0 aliphatic rings. The fourth-order valence-electron chi connectivity index (χ4n) is 2.06. The molecule has 0 saturated heterocycles. The van der Waals surface area contributed by atoms with Crippen LogP contribution in [0.5, 0.6) is 0 Å². The van der Waals surface area contributed by atoms with Crippen LogP contribution in [0, 0.1) is 0 Å². The second-order valence-corrected chi connectivity index (χ2v) is 4.55. The molecule has 2 rings (SSSR count). The van der Waals surface area contributed by atoms with Crippen LogP contribution in [-0.4, -0.2) is 9.55 Å². The molecular formula is C15H21N3. The zero-order chi connectivity index (χ0) is 12.8. The largest absolute Gasteiger partial charge is 0.334 e. The van der Waals surface area contributed by atoms with E-state index in [1.54, 1.807) is 0 Å². The molecule has 96 valence electrons. The van der Waals surface area contributed by atoms with E-state index in [1.807, 2.05) is 18.5 Å². The summed E-state index contributed by atoms with van der Waals surface area (Å²) >= 11 is 0. The summed E-state index contributed by atoms with van der Waals surface area (Å²) in [6.45, 7) is 6.21. The summed E-state index contributed by atoms with van der Waals surface area (Å²) in [5, 5.41) is 3.52. The molecule has 0 aliphatic carbocycles. The zero-order valence-corrected chi connectivity index (χ0v) is 11.1. The van der Waals surface area contributed by atoms with Gasteiger partial charge in [-0.25, -0.2) is 4.98 Å². The lowest BCUT2D eigenvalue weighted by Gasteiger charge is -2.14. The zero-order valence-electron chi connectivity index (χ0n) is 11.1. The highest BCUT2D eigenvalue weighted by atomic mass is 15.1. The van der Waals surface area contributed by atoms with Crippen LogP contribution in [0.1, 0.15) is 37.7 Å². The first-order chi connectivity index (χ1) is 8.81. The second kappa shape index (κ2) is 6.36. The molecule has 1 N–H and O–H groups in total. The van der Waals surface area contributed by atoms with E-state index in [1.165, 1.54) is 5.56 Å². The number of aromatic nitrogens is 2. The van der Waals surface area contributed by atoms with E-state index in [4.69, 9.17) is 0 Å². The lowest BCUT2D eigenvalue weighted by molar-refractivity contribution is 0.532. The van der Waals surface area contributed by atoms with E-state index in [0.717, 1.165) is 25.3 Å². The van der Waals surface area contributed by atoms with E-state index < -0.39 is 0 Å². The van der Waals surface area contributed by atoms with E-state index in [-0.39, 0.29) is 0 Å². The molecule has 1 heterocycles. The lowest BCUT2D eigenvalue weighted by Crippen LogP contribution is -2.20. The summed E-state index contributed by atoms with van der Waals surface area (Å²) in [6, 6.07) is 10.8. The third-order valence-corrected chi connectivity index (χ3v) is 3.13. The second-order valence-electron chi connectivity index (χ2n) is 4.55. The maximum Gasteiger partial charge on any atom is 0.122 e. The van der Waals surface area contributed by atoms with Gasteiger partial charge in [0.25, 0.3) is 0 Å². The number of hydrogen-bond donors (Lipinski definition) is 1. The number of nitrogens with one attached hydrogen (secondary N) is 1. The van der Waals surface area contributed by atoms with Gasteiger partial charge >= 0.3 is 0 Å². The molecule has 0 fully saturated rings. The van der Waals surface area contributed by atoms with E-state index in [9.17, 15) is 0 Å². The minimum atomic E-state index is 0.345. The molecule has 0 spiro atoms. The smallest absolute Gasteiger partial charge is 0.122 e. The number of nitrogens with zero attached hydrogens (tertiary/aromatic N) is 2. The third-order valence-electron chi connectivity index (χ3n) is 3.13. The fourth-order valence-corrected chi connectivity index (χ4v) is 2.06. The molecule has 0 unspecified atom stereocenters. The van der Waals surface area contributed by atoms with Crippen molar-refractivity contribution in [2.45, 2.75) is 39.4 Å². The topological polar surface area (TPSA) is 29.9 Å². The van der Waals surface area contributed by atoms with E-state index in [2.05, 4.69) is 53.0 Å². The quantitative estimate of drug-likeness (QED) is 0.844. The van der Waals surface area contributed by atoms with Gasteiger partial charge in [-0.1, -0.05) is 37.3 Å². The van der Waals surface area contributed by atoms with Crippen LogP contribution in [-0.2, 0) is 13.1 Å². The molecule has 3 nitrogen and oxygen atoms in total. The van der Waals surface area contributed by atoms with Gasteiger partial charge in [-0.05, 0) is 18.9 Å². The van der Waals surface area contributed by atoms with Crippen LogP contribution in [0.4, 0.5) is 0 Å². The van der Waals surface area contributed by atoms with Crippen molar-refractivity contribution >= 4 is 0 Å². The minimum Gasteiger partial charge on any atom is -0.334 e. The van der Waals surface area contributed by atoms with Crippen molar-refractivity contribution in [3.63, 3.8) is 0 Å². The van der Waals surface area contributed by atoms with E-state index >= 15 is 0 Å². The van der Waals surface area contributed by atoms with Gasteiger partial charge in [-0.15, -0.1) is 0 Å². The Labute approximate surface area is 109 Å². The van der Waals surface area contributed by atoms with Gasteiger partial charge in [-0.3, -0.25) is 0 Å². The third kappa shape index (κ3) is 3.20. The molecule has 0 aliphatic heterocycles. The molecule has 0 bridgehead atoms. The number of hydrogen-bond acceptors (Lipinski definition) is 2. The van der Waals surface area contributed by atoms with Crippen molar-refractivity contribution < 1.29 is 0 Å². The normalized spacial score (nSPS) is 12.6. The first kappa shape index (κ1) is 12.8. The van der Waals surface area contributed by atoms with Crippen molar-refractivity contribution in [2.24, 2.45) is 0 Å². The highest BCUT2D eigenvalue weighted by Gasteiger charge is 2.06. The molecule has 1 atom stereocenters. The van der Waals surface area contributed by atoms with Gasteiger partial charge in [0.05, 0.1) is 6.54 Å². The molecule has 0 radical (unpaired) electrons. The van der Waals surface area contributed by atoms with Crippen molar-refractivity contribution in [3.8, 4) is 0 Å². The van der Waals surface area contributed by atoms with Crippen molar-refractivity contribution in [3.05, 3.63) is 54.1 Å². The Morgan fingerprint density at radius 1 is 1.28 bits per heavy atom. The lowest BCUT2D eigenvalue weighted by atomic mass is 10.1. The summed E-state index contributed by atoms with van der Waals surface area (Å²) in [5.74, 6) is 1.11. The maximum absolute atomic E-state index is 4.40. The molecule has 2 aromatic rings. The summed E-state index contributed by atoms with van der Waals surface area (Å²) in [6.07, 6.45) is 5.06. The highest BCUT2D eigenvalue weighted by Crippen LogP contribution is 2.12. The minimum absolute atomic E-state index is 0.345. The average molecular weight is 243 g/mol. The Kier molecular flexibility index (Phi) is 4.53. The summed E-state index contributed by atoms with van der Waals surface area (Å²) < 4.78 is 2.21. The molecule has 1 aromatic heterocycles. The van der Waals surface area contributed by atoms with Crippen LogP contribution in [0.15, 0.2) is 42.7 Å². The summed E-state index contributed by atoms with van der Waals surface area (Å²) in [5.41, 5.74) is 1.31. The number of aryl methyl sites for hydroxylation is 1.